The first-order chi connectivity index (χ1) is 18.8. The van der Waals surface area contributed by atoms with Crippen molar-refractivity contribution in [3.63, 3.8) is 0 Å². The SMILES string of the molecule is Cc1nc(NCC2CC2)nc(NC2(O)CCC(CS(=O)(=O)C(C)(C)C)C2O)c1-c1nc2c(C3CC3)nccc2s1. The summed E-state index contributed by atoms with van der Waals surface area (Å²) in [4.78, 5) is 19.1. The van der Waals surface area contributed by atoms with Crippen LogP contribution in [0.1, 0.15) is 76.6 Å². The highest BCUT2D eigenvalue weighted by Crippen LogP contribution is 2.45. The van der Waals surface area contributed by atoms with Crippen LogP contribution in [0.15, 0.2) is 12.3 Å². The van der Waals surface area contributed by atoms with Crippen molar-refractivity contribution in [3.8, 4) is 10.6 Å². The molecule has 0 spiro atoms. The third-order valence-electron chi connectivity index (χ3n) is 8.38. The highest BCUT2D eigenvalue weighted by atomic mass is 32.2. The van der Waals surface area contributed by atoms with Gasteiger partial charge in [-0.15, -0.1) is 11.3 Å². The first kappa shape index (κ1) is 27.7. The molecule has 3 aliphatic rings. The zero-order valence-corrected chi connectivity index (χ0v) is 25.1. The topological polar surface area (TPSA) is 150 Å². The lowest BCUT2D eigenvalue weighted by Gasteiger charge is -2.32. The maximum absolute atomic E-state index is 12.9. The van der Waals surface area contributed by atoms with Gasteiger partial charge in [-0.2, -0.15) is 4.98 Å². The minimum Gasteiger partial charge on any atom is -0.388 e. The highest BCUT2D eigenvalue weighted by molar-refractivity contribution is 7.92. The molecule has 3 fully saturated rings. The Morgan fingerprint density at radius 3 is 2.55 bits per heavy atom. The number of nitrogens with zero attached hydrogens (tertiary/aromatic N) is 4. The molecule has 4 N–H and O–H groups in total. The average Bonchev–Trinajstić information content (AvgIpc) is 3.80. The van der Waals surface area contributed by atoms with Gasteiger partial charge in [0.15, 0.2) is 15.6 Å². The van der Waals surface area contributed by atoms with E-state index in [4.69, 9.17) is 15.0 Å². The predicted octanol–water partition coefficient (Wildman–Crippen LogP) is 4.24. The van der Waals surface area contributed by atoms with Crippen molar-refractivity contribution in [2.75, 3.05) is 22.9 Å². The number of sulfone groups is 1. The van der Waals surface area contributed by atoms with Gasteiger partial charge in [0.05, 0.1) is 32.2 Å². The molecule has 12 heteroatoms. The molecule has 216 valence electrons. The maximum atomic E-state index is 12.9. The number of thiazole rings is 1. The van der Waals surface area contributed by atoms with Gasteiger partial charge in [0, 0.05) is 24.6 Å². The van der Waals surface area contributed by atoms with Crippen LogP contribution in [0.5, 0.6) is 0 Å². The van der Waals surface area contributed by atoms with Crippen molar-refractivity contribution in [3.05, 3.63) is 23.7 Å². The van der Waals surface area contributed by atoms with E-state index in [1.54, 1.807) is 20.8 Å². The number of pyridine rings is 1. The van der Waals surface area contributed by atoms with Crippen LogP contribution in [0.4, 0.5) is 11.8 Å². The van der Waals surface area contributed by atoms with Gasteiger partial charge in [-0.05, 0) is 78.2 Å². The van der Waals surface area contributed by atoms with Gasteiger partial charge >= 0.3 is 0 Å². The van der Waals surface area contributed by atoms with Crippen molar-refractivity contribution >= 4 is 43.2 Å². The Morgan fingerprint density at radius 1 is 1.12 bits per heavy atom. The molecule has 0 radical (unpaired) electrons. The number of nitrogens with one attached hydrogen (secondary N) is 2. The Balaban J connectivity index is 1.36. The summed E-state index contributed by atoms with van der Waals surface area (Å²) < 4.78 is 25.9. The summed E-state index contributed by atoms with van der Waals surface area (Å²) in [5.41, 5.74) is 1.51. The number of hydrogen-bond acceptors (Lipinski definition) is 11. The molecule has 6 rings (SSSR count). The van der Waals surface area contributed by atoms with E-state index < -0.39 is 32.3 Å². The number of anilines is 2. The molecule has 3 aliphatic carbocycles. The molecule has 0 aliphatic heterocycles. The van der Waals surface area contributed by atoms with Crippen molar-refractivity contribution in [1.82, 2.24) is 19.9 Å². The summed E-state index contributed by atoms with van der Waals surface area (Å²) in [7, 11) is -3.48. The smallest absolute Gasteiger partial charge is 0.224 e. The fraction of sp³-hybridized carbons (Fsp3) is 0.643. The van der Waals surface area contributed by atoms with Gasteiger partial charge in [0.2, 0.25) is 5.95 Å². The van der Waals surface area contributed by atoms with Gasteiger partial charge in [0.25, 0.3) is 0 Å². The number of aromatic nitrogens is 4. The molecule has 3 saturated carbocycles. The predicted molar refractivity (Wildman–Crippen MR) is 157 cm³/mol. The van der Waals surface area contributed by atoms with Crippen LogP contribution in [0.25, 0.3) is 20.8 Å². The van der Waals surface area contributed by atoms with Crippen LogP contribution in [-0.2, 0) is 9.84 Å². The molecule has 0 aromatic carbocycles. The molecule has 0 amide bonds. The Morgan fingerprint density at radius 2 is 1.88 bits per heavy atom. The summed E-state index contributed by atoms with van der Waals surface area (Å²) >= 11 is 1.53. The van der Waals surface area contributed by atoms with Crippen molar-refractivity contribution in [1.29, 1.82) is 0 Å². The first-order valence-corrected chi connectivity index (χ1v) is 16.6. The Hall–Kier alpha value is -2.41. The fourth-order valence-corrected chi connectivity index (χ4v) is 7.82. The lowest BCUT2D eigenvalue weighted by molar-refractivity contribution is -0.0443. The Bertz CT molecular complexity index is 1540. The summed E-state index contributed by atoms with van der Waals surface area (Å²) in [6.45, 7) is 7.63. The second kappa shape index (κ2) is 9.85. The molecule has 10 nitrogen and oxygen atoms in total. The van der Waals surface area contributed by atoms with Crippen LogP contribution in [0.2, 0.25) is 0 Å². The molecule has 3 atom stereocenters. The summed E-state index contributed by atoms with van der Waals surface area (Å²) in [5.74, 6) is 1.07. The molecule has 3 aromatic heterocycles. The number of hydrogen-bond donors (Lipinski definition) is 4. The number of aliphatic hydroxyl groups is 2. The summed E-state index contributed by atoms with van der Waals surface area (Å²) in [6, 6.07) is 1.96. The molecule has 3 aromatic rings. The summed E-state index contributed by atoms with van der Waals surface area (Å²) in [5, 5.41) is 30.1. The largest absolute Gasteiger partial charge is 0.388 e. The first-order valence-electron chi connectivity index (χ1n) is 14.1. The third kappa shape index (κ3) is 5.31. The monoisotopic (exact) mass is 586 g/mol. The normalized spacial score (nSPS) is 25.4. The van der Waals surface area contributed by atoms with Gasteiger partial charge < -0.3 is 20.8 Å². The molecule has 3 unspecified atom stereocenters. The highest BCUT2D eigenvalue weighted by Gasteiger charge is 2.49. The van der Waals surface area contributed by atoms with Gasteiger partial charge in [0.1, 0.15) is 22.4 Å². The lowest BCUT2D eigenvalue weighted by atomic mass is 10.0. The summed E-state index contributed by atoms with van der Waals surface area (Å²) in [6.07, 6.45) is 5.68. The number of aryl methyl sites for hydroxylation is 1. The van der Waals surface area contributed by atoms with Crippen LogP contribution in [-0.4, -0.2) is 67.4 Å². The van der Waals surface area contributed by atoms with Crippen LogP contribution >= 0.6 is 11.3 Å². The zero-order valence-electron chi connectivity index (χ0n) is 23.4. The minimum absolute atomic E-state index is 0.182. The van der Waals surface area contributed by atoms with Crippen molar-refractivity contribution in [2.45, 2.75) is 88.7 Å². The molecular weight excluding hydrogens is 548 g/mol. The van der Waals surface area contributed by atoms with E-state index >= 15 is 0 Å². The quantitative estimate of drug-likeness (QED) is 0.268. The molecular formula is C28H38N6O4S2. The number of rotatable bonds is 9. The van der Waals surface area contributed by atoms with Crippen LogP contribution in [0.3, 0.4) is 0 Å². The maximum Gasteiger partial charge on any atom is 0.224 e. The van der Waals surface area contributed by atoms with E-state index in [-0.39, 0.29) is 12.2 Å². The van der Waals surface area contributed by atoms with E-state index in [0.717, 1.165) is 35.3 Å². The zero-order chi connectivity index (χ0) is 28.4. The van der Waals surface area contributed by atoms with Crippen molar-refractivity contribution < 1.29 is 18.6 Å². The molecule has 0 bridgehead atoms. The van der Waals surface area contributed by atoms with E-state index in [2.05, 4.69) is 15.6 Å². The van der Waals surface area contributed by atoms with Crippen molar-refractivity contribution in [2.24, 2.45) is 11.8 Å². The molecule has 0 saturated heterocycles. The second-order valence-corrected chi connectivity index (χ2v) is 16.5. The van der Waals surface area contributed by atoms with Crippen LogP contribution < -0.4 is 10.6 Å². The Labute approximate surface area is 239 Å². The van der Waals surface area contributed by atoms with Gasteiger partial charge in [-0.1, -0.05) is 0 Å². The number of fused-ring (bicyclic) bond motifs is 1. The minimum atomic E-state index is -3.48. The van der Waals surface area contributed by atoms with E-state index in [1.165, 1.54) is 24.2 Å². The Kier molecular flexibility index (Phi) is 6.83. The van der Waals surface area contributed by atoms with Gasteiger partial charge in [-0.25, -0.2) is 18.4 Å². The lowest BCUT2D eigenvalue weighted by Crippen LogP contribution is -2.49. The fourth-order valence-electron chi connectivity index (χ4n) is 5.34. The van der Waals surface area contributed by atoms with Gasteiger partial charge in [-0.3, -0.25) is 4.98 Å². The van der Waals surface area contributed by atoms with E-state index in [1.807, 2.05) is 19.2 Å². The number of aliphatic hydroxyl groups excluding tert-OH is 1. The molecule has 40 heavy (non-hydrogen) atoms. The van der Waals surface area contributed by atoms with E-state index in [9.17, 15) is 18.6 Å². The molecule has 3 heterocycles. The average molecular weight is 587 g/mol. The third-order valence-corrected chi connectivity index (χ3v) is 12.2. The van der Waals surface area contributed by atoms with E-state index in [0.29, 0.717) is 46.3 Å². The standard InChI is InChI=1S/C28H38N6O4S2/c1-15-20(25-32-22-19(39-25)10-12-29-21(22)17-7-8-17)24(33-26(31-15)30-13-16-5-6-16)34-28(36)11-9-18(23(28)35)14-40(37,38)27(2,3)4/h10,12,16-18,23,35-36H,5-9,11,13-14H2,1-4H3,(H2,30,31,33,34). The van der Waals surface area contributed by atoms with Crippen LogP contribution in [0, 0.1) is 18.8 Å². The second-order valence-electron chi connectivity index (χ2n) is 12.7.